The highest BCUT2D eigenvalue weighted by Gasteiger charge is 2.31. The number of rotatable bonds is 4. The molecule has 0 radical (unpaired) electrons. The normalized spacial score (nSPS) is 23.4. The summed E-state index contributed by atoms with van der Waals surface area (Å²) in [5.74, 6) is 0. The molecule has 2 atom stereocenters. The smallest absolute Gasteiger partial charge is 0.111 e. The molecule has 2 unspecified atom stereocenters. The molecule has 1 aromatic carbocycles. The summed E-state index contributed by atoms with van der Waals surface area (Å²) in [6.07, 6.45) is 1.27. The number of hydrogen-bond acceptors (Lipinski definition) is 4. The summed E-state index contributed by atoms with van der Waals surface area (Å²) in [4.78, 5) is 7.24. The van der Waals surface area contributed by atoms with Gasteiger partial charge >= 0.3 is 0 Å². The number of para-hydroxylation sites is 1. The minimum atomic E-state index is 0. The summed E-state index contributed by atoms with van der Waals surface area (Å²) in [5.41, 5.74) is 1.53. The minimum Gasteiger partial charge on any atom is -0.316 e. The van der Waals surface area contributed by atoms with Gasteiger partial charge in [0, 0.05) is 13.1 Å². The fourth-order valence-corrected chi connectivity index (χ4v) is 4.08. The number of halogens is 1. The summed E-state index contributed by atoms with van der Waals surface area (Å²) in [7, 11) is 2.22. The van der Waals surface area contributed by atoms with Crippen molar-refractivity contribution in [1.29, 1.82) is 0 Å². The number of benzene rings is 1. The zero-order valence-electron chi connectivity index (χ0n) is 12.9. The van der Waals surface area contributed by atoms with Gasteiger partial charge in [-0.15, -0.1) is 23.7 Å². The molecule has 2 heterocycles. The van der Waals surface area contributed by atoms with E-state index in [-0.39, 0.29) is 12.4 Å². The molecule has 21 heavy (non-hydrogen) atoms. The lowest BCUT2D eigenvalue weighted by atomic mass is 9.89. The summed E-state index contributed by atoms with van der Waals surface area (Å²) in [5, 5.41) is 4.70. The van der Waals surface area contributed by atoms with Gasteiger partial charge in [0.15, 0.2) is 0 Å². The van der Waals surface area contributed by atoms with Gasteiger partial charge in [-0.2, -0.15) is 0 Å². The van der Waals surface area contributed by atoms with E-state index in [2.05, 4.69) is 55.4 Å². The largest absolute Gasteiger partial charge is 0.316 e. The van der Waals surface area contributed by atoms with Gasteiger partial charge < -0.3 is 5.32 Å². The van der Waals surface area contributed by atoms with Gasteiger partial charge in [0.2, 0.25) is 0 Å². The number of thiazole rings is 1. The molecule has 1 fully saturated rings. The Morgan fingerprint density at radius 2 is 2.19 bits per heavy atom. The van der Waals surface area contributed by atoms with Crippen molar-refractivity contribution in [2.75, 3.05) is 26.7 Å². The van der Waals surface area contributed by atoms with Crippen molar-refractivity contribution in [2.45, 2.75) is 26.3 Å². The molecule has 0 spiro atoms. The van der Waals surface area contributed by atoms with Crippen LogP contribution in [-0.2, 0) is 0 Å². The van der Waals surface area contributed by atoms with Crippen LogP contribution in [0.15, 0.2) is 24.3 Å². The Morgan fingerprint density at radius 3 is 2.86 bits per heavy atom. The van der Waals surface area contributed by atoms with Crippen LogP contribution in [0.3, 0.4) is 0 Å². The highest BCUT2D eigenvalue weighted by Crippen LogP contribution is 2.32. The molecule has 0 amide bonds. The summed E-state index contributed by atoms with van der Waals surface area (Å²) in [6.45, 7) is 8.05. The van der Waals surface area contributed by atoms with Crippen LogP contribution < -0.4 is 5.32 Å². The first kappa shape index (κ1) is 16.7. The first-order valence-corrected chi connectivity index (χ1v) is 8.15. The third-order valence-electron chi connectivity index (χ3n) is 4.42. The van der Waals surface area contributed by atoms with Gasteiger partial charge in [0.25, 0.3) is 0 Å². The topological polar surface area (TPSA) is 28.2 Å². The summed E-state index contributed by atoms with van der Waals surface area (Å²) < 4.78 is 1.29. The van der Waals surface area contributed by atoms with E-state index in [0.717, 1.165) is 25.2 Å². The molecule has 5 heteroatoms. The Hall–Kier alpha value is -0.680. The first-order chi connectivity index (χ1) is 9.57. The predicted molar refractivity (Wildman–Crippen MR) is 93.5 cm³/mol. The Bertz CT molecular complexity index is 559. The van der Waals surface area contributed by atoms with E-state index >= 15 is 0 Å². The van der Waals surface area contributed by atoms with E-state index in [9.17, 15) is 0 Å². The number of fused-ring (bicyclic) bond motifs is 1. The molecule has 1 aliphatic heterocycles. The second-order valence-corrected chi connectivity index (χ2v) is 7.41. The Balaban J connectivity index is 0.00000161. The van der Waals surface area contributed by atoms with Gasteiger partial charge in [-0.1, -0.05) is 19.1 Å². The SMILES string of the molecule is CC(c1nc2ccccc2s1)N(C)CC1(C)CCNC1.Cl. The Labute approximate surface area is 137 Å². The molecule has 3 nitrogen and oxygen atoms in total. The molecule has 2 aromatic rings. The lowest BCUT2D eigenvalue weighted by molar-refractivity contribution is 0.169. The maximum absolute atomic E-state index is 4.79. The molecule has 3 rings (SSSR count). The van der Waals surface area contributed by atoms with Crippen LogP contribution in [0.5, 0.6) is 0 Å². The fourth-order valence-electron chi connectivity index (χ4n) is 3.00. The average molecular weight is 326 g/mol. The first-order valence-electron chi connectivity index (χ1n) is 7.34. The highest BCUT2D eigenvalue weighted by atomic mass is 35.5. The number of aromatic nitrogens is 1. The Kier molecular flexibility index (Phi) is 5.25. The lowest BCUT2D eigenvalue weighted by Gasteiger charge is -2.32. The maximum Gasteiger partial charge on any atom is 0.111 e. The second-order valence-electron chi connectivity index (χ2n) is 6.35. The summed E-state index contributed by atoms with van der Waals surface area (Å²) >= 11 is 1.82. The molecule has 1 saturated heterocycles. The second kappa shape index (κ2) is 6.61. The number of hydrogen-bond donors (Lipinski definition) is 1. The van der Waals surface area contributed by atoms with E-state index < -0.39 is 0 Å². The zero-order valence-corrected chi connectivity index (χ0v) is 14.6. The Morgan fingerprint density at radius 1 is 1.43 bits per heavy atom. The van der Waals surface area contributed by atoms with Crippen molar-refractivity contribution in [3.05, 3.63) is 29.3 Å². The van der Waals surface area contributed by atoms with Crippen molar-refractivity contribution >= 4 is 34.0 Å². The standard InChI is InChI=1S/C16H23N3S.ClH/c1-12(19(3)11-16(2)8-9-17-10-16)15-18-13-6-4-5-7-14(13)20-15;/h4-7,12,17H,8-11H2,1-3H3;1H. The van der Waals surface area contributed by atoms with Crippen molar-refractivity contribution < 1.29 is 0 Å². The van der Waals surface area contributed by atoms with Crippen LogP contribution in [0.2, 0.25) is 0 Å². The van der Waals surface area contributed by atoms with Crippen molar-refractivity contribution in [1.82, 2.24) is 15.2 Å². The van der Waals surface area contributed by atoms with Crippen LogP contribution in [0, 0.1) is 5.41 Å². The molecule has 1 aromatic heterocycles. The monoisotopic (exact) mass is 325 g/mol. The van der Waals surface area contributed by atoms with Crippen LogP contribution in [0.1, 0.15) is 31.3 Å². The van der Waals surface area contributed by atoms with Gasteiger partial charge in [0.05, 0.1) is 16.3 Å². The van der Waals surface area contributed by atoms with Crippen LogP contribution in [0.25, 0.3) is 10.2 Å². The van der Waals surface area contributed by atoms with E-state index in [1.807, 2.05) is 11.3 Å². The fraction of sp³-hybridized carbons (Fsp3) is 0.562. The van der Waals surface area contributed by atoms with Gasteiger partial charge in [-0.25, -0.2) is 4.98 Å². The molecular formula is C16H24ClN3S. The number of nitrogens with zero attached hydrogens (tertiary/aromatic N) is 2. The van der Waals surface area contributed by atoms with Crippen molar-refractivity contribution in [2.24, 2.45) is 5.41 Å². The quantitative estimate of drug-likeness (QED) is 0.928. The van der Waals surface area contributed by atoms with Gasteiger partial charge in [-0.3, -0.25) is 4.90 Å². The maximum atomic E-state index is 4.79. The molecular weight excluding hydrogens is 302 g/mol. The van der Waals surface area contributed by atoms with Crippen molar-refractivity contribution in [3.63, 3.8) is 0 Å². The van der Waals surface area contributed by atoms with E-state index in [1.54, 1.807) is 0 Å². The van der Waals surface area contributed by atoms with E-state index in [4.69, 9.17) is 4.98 Å². The van der Waals surface area contributed by atoms with Crippen molar-refractivity contribution in [3.8, 4) is 0 Å². The van der Waals surface area contributed by atoms with E-state index in [1.165, 1.54) is 16.1 Å². The van der Waals surface area contributed by atoms with Crippen LogP contribution in [0.4, 0.5) is 0 Å². The number of nitrogens with one attached hydrogen (secondary N) is 1. The third-order valence-corrected chi connectivity index (χ3v) is 5.62. The highest BCUT2D eigenvalue weighted by molar-refractivity contribution is 7.18. The van der Waals surface area contributed by atoms with Gasteiger partial charge in [-0.05, 0) is 44.5 Å². The molecule has 116 valence electrons. The predicted octanol–water partition coefficient (Wildman–Crippen LogP) is 3.71. The average Bonchev–Trinajstić information content (AvgIpc) is 3.03. The molecule has 0 saturated carbocycles. The van der Waals surface area contributed by atoms with Crippen LogP contribution in [-0.4, -0.2) is 36.6 Å². The molecule has 0 bridgehead atoms. The van der Waals surface area contributed by atoms with E-state index in [0.29, 0.717) is 11.5 Å². The molecule has 1 aliphatic rings. The zero-order chi connectivity index (χ0) is 14.2. The molecule has 1 N–H and O–H groups in total. The minimum absolute atomic E-state index is 0. The van der Waals surface area contributed by atoms with Gasteiger partial charge in [0.1, 0.15) is 5.01 Å². The lowest BCUT2D eigenvalue weighted by Crippen LogP contribution is -2.36. The molecule has 0 aliphatic carbocycles. The third kappa shape index (κ3) is 3.57. The van der Waals surface area contributed by atoms with Crippen LogP contribution >= 0.6 is 23.7 Å². The summed E-state index contributed by atoms with van der Waals surface area (Å²) in [6, 6.07) is 8.79.